The van der Waals surface area contributed by atoms with Gasteiger partial charge in [0, 0.05) is 0 Å². The molecule has 0 spiro atoms. The number of carbonyl (C=O) groups is 1. The fourth-order valence-electron chi connectivity index (χ4n) is 4.28. The van der Waals surface area contributed by atoms with Crippen molar-refractivity contribution < 1.29 is 15.0 Å². The Morgan fingerprint density at radius 2 is 1.06 bits per heavy atom. The maximum absolute atomic E-state index is 11.5. The molecular formula is C14H30O3P+. The Labute approximate surface area is 112 Å². The summed E-state index contributed by atoms with van der Waals surface area (Å²) < 4.78 is 0. The lowest BCUT2D eigenvalue weighted by Crippen LogP contribution is -2.51. The topological polar surface area (TPSA) is 57.5 Å². The summed E-state index contributed by atoms with van der Waals surface area (Å²) >= 11 is 0. The number of rotatable bonds is 2. The van der Waals surface area contributed by atoms with Crippen LogP contribution in [0.5, 0.6) is 0 Å². The van der Waals surface area contributed by atoms with Crippen LogP contribution in [0.1, 0.15) is 62.3 Å². The Hall–Kier alpha value is -0.140. The molecule has 0 aliphatic heterocycles. The Bertz CT molecular complexity index is 279. The van der Waals surface area contributed by atoms with Crippen LogP contribution in [0.3, 0.4) is 0 Å². The molecule has 18 heavy (non-hydrogen) atoms. The van der Waals surface area contributed by atoms with Crippen LogP contribution >= 0.6 is 7.26 Å². The van der Waals surface area contributed by atoms with E-state index in [-0.39, 0.29) is 15.5 Å². The van der Waals surface area contributed by atoms with E-state index in [1.165, 1.54) is 0 Å². The van der Waals surface area contributed by atoms with Gasteiger partial charge in [-0.1, -0.05) is 0 Å². The first-order valence-corrected chi connectivity index (χ1v) is 8.26. The number of aliphatic carboxylic acids is 1. The standard InChI is InChI=1S/C14H29O3P/c1-12(2,3)18(13(4,5)6,14(7,8)9)11(17)10(15)16/h11,17H,1-9H3/p+1. The molecular weight excluding hydrogens is 247 g/mol. The summed E-state index contributed by atoms with van der Waals surface area (Å²) in [6.07, 6.45) is 0. The molecule has 3 nitrogen and oxygen atoms in total. The van der Waals surface area contributed by atoms with Crippen molar-refractivity contribution in [3.63, 3.8) is 0 Å². The van der Waals surface area contributed by atoms with Crippen molar-refractivity contribution in [2.75, 3.05) is 0 Å². The SMILES string of the molecule is CC(C)(C)[P+](C(O)C(=O)O)(C(C)(C)C)C(C)(C)C. The molecule has 0 heterocycles. The first-order valence-electron chi connectivity index (χ1n) is 6.40. The average Bonchev–Trinajstić information content (AvgIpc) is 1.94. The smallest absolute Gasteiger partial charge is 0.372 e. The highest BCUT2D eigenvalue weighted by molar-refractivity contribution is 7.81. The van der Waals surface area contributed by atoms with E-state index in [4.69, 9.17) is 0 Å². The van der Waals surface area contributed by atoms with Crippen LogP contribution in [0.25, 0.3) is 0 Å². The number of aliphatic hydroxyl groups is 1. The molecule has 0 aliphatic carbocycles. The normalized spacial score (nSPS) is 16.6. The zero-order valence-corrected chi connectivity index (χ0v) is 14.2. The highest BCUT2D eigenvalue weighted by Gasteiger charge is 2.70. The highest BCUT2D eigenvalue weighted by Crippen LogP contribution is 2.85. The molecule has 0 aromatic heterocycles. The van der Waals surface area contributed by atoms with Crippen molar-refractivity contribution in [2.45, 2.75) is 83.6 Å². The van der Waals surface area contributed by atoms with Crippen molar-refractivity contribution in [1.29, 1.82) is 0 Å². The van der Waals surface area contributed by atoms with Gasteiger partial charge in [0.2, 0.25) is 0 Å². The van der Waals surface area contributed by atoms with Crippen molar-refractivity contribution in [3.8, 4) is 0 Å². The number of carboxylic acids is 1. The quantitative estimate of drug-likeness (QED) is 0.755. The first-order chi connectivity index (χ1) is 7.60. The van der Waals surface area contributed by atoms with E-state index < -0.39 is 19.1 Å². The van der Waals surface area contributed by atoms with E-state index in [9.17, 15) is 15.0 Å². The highest BCUT2D eigenvalue weighted by atomic mass is 31.2. The Balaban J connectivity index is 6.36. The molecule has 0 saturated carbocycles. The largest absolute Gasteiger partial charge is 0.476 e. The summed E-state index contributed by atoms with van der Waals surface area (Å²) in [4.78, 5) is 11.5. The lowest BCUT2D eigenvalue weighted by atomic mass is 10.2. The summed E-state index contributed by atoms with van der Waals surface area (Å²) in [5.74, 6) is -2.37. The van der Waals surface area contributed by atoms with Gasteiger partial charge in [-0.25, -0.2) is 4.79 Å². The molecule has 0 amide bonds. The van der Waals surface area contributed by atoms with Gasteiger partial charge in [0.25, 0.3) is 5.85 Å². The summed E-state index contributed by atoms with van der Waals surface area (Å²) in [5, 5.41) is 19.2. The van der Waals surface area contributed by atoms with E-state index >= 15 is 0 Å². The van der Waals surface area contributed by atoms with Crippen molar-refractivity contribution in [3.05, 3.63) is 0 Å². The van der Waals surface area contributed by atoms with E-state index in [1.807, 2.05) is 0 Å². The summed E-state index contributed by atoms with van der Waals surface area (Å²) in [7, 11) is -2.24. The molecule has 1 unspecified atom stereocenters. The molecule has 0 radical (unpaired) electrons. The summed E-state index contributed by atoms with van der Waals surface area (Å²) in [6, 6.07) is 0. The van der Waals surface area contributed by atoms with Gasteiger partial charge in [-0.2, -0.15) is 0 Å². The van der Waals surface area contributed by atoms with Gasteiger partial charge in [0.1, 0.15) is 0 Å². The third kappa shape index (κ3) is 2.58. The molecule has 0 aliphatic rings. The maximum Gasteiger partial charge on any atom is 0.372 e. The summed E-state index contributed by atoms with van der Waals surface area (Å²) in [6.45, 7) is 18.5. The van der Waals surface area contributed by atoms with Crippen LogP contribution in [0.2, 0.25) is 0 Å². The number of carboxylic acid groups (broad SMARTS) is 1. The van der Waals surface area contributed by atoms with Gasteiger partial charge < -0.3 is 10.2 Å². The van der Waals surface area contributed by atoms with Crippen LogP contribution in [-0.4, -0.2) is 37.5 Å². The van der Waals surface area contributed by atoms with Crippen molar-refractivity contribution in [2.24, 2.45) is 0 Å². The minimum atomic E-state index is -2.24. The van der Waals surface area contributed by atoms with E-state index in [0.29, 0.717) is 0 Å². The first kappa shape index (κ1) is 17.9. The van der Waals surface area contributed by atoms with Crippen LogP contribution in [0.4, 0.5) is 0 Å². The average molecular weight is 277 g/mol. The lowest BCUT2D eigenvalue weighted by Gasteiger charge is -2.55. The van der Waals surface area contributed by atoms with Crippen molar-refractivity contribution >= 4 is 13.2 Å². The Morgan fingerprint density at radius 3 is 1.11 bits per heavy atom. The van der Waals surface area contributed by atoms with Crippen LogP contribution in [0, 0.1) is 0 Å². The Morgan fingerprint density at radius 1 is 0.833 bits per heavy atom. The van der Waals surface area contributed by atoms with Crippen LogP contribution < -0.4 is 0 Å². The van der Waals surface area contributed by atoms with Gasteiger partial charge in [0.15, 0.2) is 0 Å². The van der Waals surface area contributed by atoms with Gasteiger partial charge >= 0.3 is 5.97 Å². The van der Waals surface area contributed by atoms with Crippen molar-refractivity contribution in [1.82, 2.24) is 0 Å². The second-order valence-corrected chi connectivity index (χ2v) is 13.9. The van der Waals surface area contributed by atoms with Gasteiger partial charge in [-0.3, -0.25) is 0 Å². The molecule has 0 fully saturated rings. The molecule has 0 saturated heterocycles. The van der Waals surface area contributed by atoms with Gasteiger partial charge in [0.05, 0.1) is 22.7 Å². The van der Waals surface area contributed by atoms with E-state index in [0.717, 1.165) is 0 Å². The molecule has 4 heteroatoms. The van der Waals surface area contributed by atoms with E-state index in [2.05, 4.69) is 62.3 Å². The fraction of sp³-hybridized carbons (Fsp3) is 0.929. The fourth-order valence-corrected chi connectivity index (χ4v) is 12.9. The van der Waals surface area contributed by atoms with E-state index in [1.54, 1.807) is 0 Å². The van der Waals surface area contributed by atoms with Gasteiger partial charge in [-0.15, -0.1) is 0 Å². The van der Waals surface area contributed by atoms with Crippen LogP contribution in [0.15, 0.2) is 0 Å². The van der Waals surface area contributed by atoms with Gasteiger partial charge in [-0.05, 0) is 62.3 Å². The summed E-state index contributed by atoms with van der Waals surface area (Å²) in [5.41, 5.74) is 0. The Kier molecular flexibility index (Phi) is 4.72. The molecule has 0 aromatic carbocycles. The molecule has 0 bridgehead atoms. The number of hydrogen-bond donors (Lipinski definition) is 2. The second-order valence-electron chi connectivity index (χ2n) is 7.95. The molecule has 108 valence electrons. The molecule has 0 rings (SSSR count). The minimum Gasteiger partial charge on any atom is -0.476 e. The third-order valence-electron chi connectivity index (χ3n) is 3.76. The van der Waals surface area contributed by atoms with Crippen LogP contribution in [-0.2, 0) is 4.79 Å². The maximum atomic E-state index is 11.5. The molecule has 0 aromatic rings. The monoisotopic (exact) mass is 277 g/mol. The zero-order valence-electron chi connectivity index (χ0n) is 13.3. The predicted octanol–water partition coefficient (Wildman–Crippen LogP) is 3.80. The number of hydrogen-bond acceptors (Lipinski definition) is 2. The molecule has 1 atom stereocenters. The number of aliphatic hydroxyl groups excluding tert-OH is 1. The molecule has 2 N–H and O–H groups in total. The zero-order chi connectivity index (χ0) is 15.2. The predicted molar refractivity (Wildman–Crippen MR) is 79.8 cm³/mol. The lowest BCUT2D eigenvalue weighted by molar-refractivity contribution is -0.142. The second kappa shape index (κ2) is 4.76. The minimum absolute atomic E-state index is 0.235. The third-order valence-corrected chi connectivity index (χ3v) is 11.1.